The molecule has 0 saturated carbocycles. The average molecular weight is 431 g/mol. The Labute approximate surface area is 184 Å². The summed E-state index contributed by atoms with van der Waals surface area (Å²) in [6.45, 7) is 1.88. The van der Waals surface area contributed by atoms with Crippen LogP contribution in [0.25, 0.3) is 0 Å². The molecule has 8 heteroatoms. The van der Waals surface area contributed by atoms with Crippen LogP contribution >= 0.6 is 0 Å². The fraction of sp³-hybridized carbons (Fsp3) is 0.125. The van der Waals surface area contributed by atoms with Crippen LogP contribution in [0.3, 0.4) is 0 Å². The minimum absolute atomic E-state index is 0.0224. The van der Waals surface area contributed by atoms with Crippen molar-refractivity contribution in [3.63, 3.8) is 0 Å². The van der Waals surface area contributed by atoms with Gasteiger partial charge in [-0.05, 0) is 61.5 Å². The van der Waals surface area contributed by atoms with Gasteiger partial charge in [-0.3, -0.25) is 9.48 Å². The SMILES string of the molecule is CC(OC(=O)c1ccc(Cn2cccn2)o1)C(=O)Nc1ccc(Oc2ccccc2)cc1. The Balaban J connectivity index is 1.29. The number of ether oxygens (including phenoxy) is 2. The van der Waals surface area contributed by atoms with Crippen molar-refractivity contribution in [2.75, 3.05) is 5.32 Å². The molecule has 0 saturated heterocycles. The molecule has 0 fully saturated rings. The highest BCUT2D eigenvalue weighted by Crippen LogP contribution is 2.22. The first-order valence-electron chi connectivity index (χ1n) is 9.98. The molecule has 1 unspecified atom stereocenters. The summed E-state index contributed by atoms with van der Waals surface area (Å²) < 4.78 is 18.1. The topological polar surface area (TPSA) is 95.6 Å². The van der Waals surface area contributed by atoms with Gasteiger partial charge in [0.05, 0.1) is 6.54 Å². The largest absolute Gasteiger partial charge is 0.457 e. The minimum atomic E-state index is -1.01. The third kappa shape index (κ3) is 5.42. The van der Waals surface area contributed by atoms with Crippen LogP contribution in [0.5, 0.6) is 11.5 Å². The summed E-state index contributed by atoms with van der Waals surface area (Å²) in [5, 5.41) is 6.79. The van der Waals surface area contributed by atoms with Crippen LogP contribution in [0.4, 0.5) is 5.69 Å². The van der Waals surface area contributed by atoms with Crippen molar-refractivity contribution in [1.82, 2.24) is 9.78 Å². The Morgan fingerprint density at radius 2 is 1.75 bits per heavy atom. The number of benzene rings is 2. The van der Waals surface area contributed by atoms with E-state index in [0.717, 1.165) is 5.75 Å². The van der Waals surface area contributed by atoms with Crippen molar-refractivity contribution in [2.24, 2.45) is 0 Å². The molecule has 0 radical (unpaired) electrons. The molecule has 1 N–H and O–H groups in total. The first-order chi connectivity index (χ1) is 15.6. The quantitative estimate of drug-likeness (QED) is 0.413. The number of carbonyl (C=O) groups is 2. The molecule has 162 valence electrons. The van der Waals surface area contributed by atoms with E-state index in [-0.39, 0.29) is 5.76 Å². The smallest absolute Gasteiger partial charge is 0.375 e. The number of amides is 1. The van der Waals surface area contributed by atoms with Gasteiger partial charge in [0.25, 0.3) is 5.91 Å². The molecule has 0 aliphatic rings. The summed E-state index contributed by atoms with van der Waals surface area (Å²) >= 11 is 0. The summed E-state index contributed by atoms with van der Waals surface area (Å²) in [4.78, 5) is 24.7. The molecule has 32 heavy (non-hydrogen) atoms. The van der Waals surface area contributed by atoms with E-state index in [2.05, 4.69) is 10.4 Å². The highest BCUT2D eigenvalue weighted by Gasteiger charge is 2.21. The lowest BCUT2D eigenvalue weighted by Gasteiger charge is -2.13. The summed E-state index contributed by atoms with van der Waals surface area (Å²) in [7, 11) is 0. The van der Waals surface area contributed by atoms with E-state index < -0.39 is 18.0 Å². The second-order valence-corrected chi connectivity index (χ2v) is 6.95. The number of hydrogen-bond acceptors (Lipinski definition) is 6. The molecule has 4 aromatic rings. The Morgan fingerprint density at radius 3 is 2.47 bits per heavy atom. The van der Waals surface area contributed by atoms with Gasteiger partial charge in [0.2, 0.25) is 5.76 Å². The van der Waals surface area contributed by atoms with E-state index in [9.17, 15) is 9.59 Å². The molecule has 8 nitrogen and oxygen atoms in total. The van der Waals surface area contributed by atoms with Crippen molar-refractivity contribution < 1.29 is 23.5 Å². The van der Waals surface area contributed by atoms with Crippen molar-refractivity contribution in [2.45, 2.75) is 19.6 Å². The van der Waals surface area contributed by atoms with Crippen molar-refractivity contribution in [3.05, 3.63) is 96.7 Å². The third-order valence-corrected chi connectivity index (χ3v) is 4.49. The van der Waals surface area contributed by atoms with Gasteiger partial charge in [-0.25, -0.2) is 4.79 Å². The fourth-order valence-corrected chi connectivity index (χ4v) is 2.87. The zero-order valence-electron chi connectivity index (χ0n) is 17.3. The van der Waals surface area contributed by atoms with Gasteiger partial charge in [-0.15, -0.1) is 0 Å². The number of furan rings is 1. The fourth-order valence-electron chi connectivity index (χ4n) is 2.87. The van der Waals surface area contributed by atoms with Crippen LogP contribution in [0, 0.1) is 0 Å². The van der Waals surface area contributed by atoms with E-state index in [4.69, 9.17) is 13.9 Å². The zero-order valence-corrected chi connectivity index (χ0v) is 17.3. The Bertz CT molecular complexity index is 1170. The lowest BCUT2D eigenvalue weighted by molar-refractivity contribution is -0.123. The number of rotatable bonds is 8. The van der Waals surface area contributed by atoms with Crippen LogP contribution in [0.2, 0.25) is 0 Å². The highest BCUT2D eigenvalue weighted by molar-refractivity contribution is 5.96. The number of esters is 1. The lowest BCUT2D eigenvalue weighted by atomic mass is 10.2. The Morgan fingerprint density at radius 1 is 1.00 bits per heavy atom. The second kappa shape index (κ2) is 9.65. The average Bonchev–Trinajstić information content (AvgIpc) is 3.48. The Hall–Kier alpha value is -4.33. The molecule has 2 aromatic heterocycles. The predicted molar refractivity (Wildman–Crippen MR) is 117 cm³/mol. The van der Waals surface area contributed by atoms with Crippen LogP contribution in [0.1, 0.15) is 23.2 Å². The molecule has 2 aromatic carbocycles. The standard InChI is InChI=1S/C24H21N3O5/c1-17(30-24(29)22-13-12-21(32-22)16-27-15-5-14-25-27)23(28)26-18-8-10-20(11-9-18)31-19-6-3-2-4-7-19/h2-15,17H,16H2,1H3,(H,26,28). The summed E-state index contributed by atoms with van der Waals surface area (Å²) in [5.74, 6) is 0.752. The van der Waals surface area contributed by atoms with Gasteiger partial charge < -0.3 is 19.2 Å². The minimum Gasteiger partial charge on any atom is -0.457 e. The molecular formula is C24H21N3O5. The van der Waals surface area contributed by atoms with Gasteiger partial charge in [0.15, 0.2) is 6.10 Å². The van der Waals surface area contributed by atoms with Crippen molar-refractivity contribution in [1.29, 1.82) is 0 Å². The number of nitrogens with zero attached hydrogens (tertiary/aromatic N) is 2. The van der Waals surface area contributed by atoms with Gasteiger partial charge in [0.1, 0.15) is 17.3 Å². The molecule has 0 aliphatic heterocycles. The van der Waals surface area contributed by atoms with Crippen LogP contribution in [-0.2, 0) is 16.1 Å². The molecule has 2 heterocycles. The van der Waals surface area contributed by atoms with Gasteiger partial charge in [0, 0.05) is 18.1 Å². The molecular weight excluding hydrogens is 410 g/mol. The maximum Gasteiger partial charge on any atom is 0.375 e. The lowest BCUT2D eigenvalue weighted by Crippen LogP contribution is -2.29. The number of aromatic nitrogens is 2. The number of para-hydroxylation sites is 1. The number of nitrogens with one attached hydrogen (secondary N) is 1. The van der Waals surface area contributed by atoms with E-state index in [1.54, 1.807) is 53.5 Å². The highest BCUT2D eigenvalue weighted by atomic mass is 16.6. The van der Waals surface area contributed by atoms with Gasteiger partial charge in [-0.1, -0.05) is 18.2 Å². The van der Waals surface area contributed by atoms with Crippen LogP contribution in [-0.4, -0.2) is 27.8 Å². The van der Waals surface area contributed by atoms with Crippen LogP contribution in [0.15, 0.2) is 89.6 Å². The normalized spacial score (nSPS) is 11.5. The van der Waals surface area contributed by atoms with E-state index in [0.29, 0.717) is 23.7 Å². The first kappa shape index (κ1) is 20.9. The van der Waals surface area contributed by atoms with E-state index in [1.807, 2.05) is 30.3 Å². The van der Waals surface area contributed by atoms with Crippen LogP contribution < -0.4 is 10.1 Å². The first-order valence-corrected chi connectivity index (χ1v) is 9.98. The van der Waals surface area contributed by atoms with Crippen molar-refractivity contribution in [3.8, 4) is 11.5 Å². The maximum atomic E-state index is 12.4. The van der Waals surface area contributed by atoms with E-state index in [1.165, 1.54) is 13.0 Å². The van der Waals surface area contributed by atoms with E-state index >= 15 is 0 Å². The number of hydrogen-bond donors (Lipinski definition) is 1. The maximum absolute atomic E-state index is 12.4. The molecule has 0 aliphatic carbocycles. The summed E-state index contributed by atoms with van der Waals surface area (Å²) in [6, 6.07) is 21.2. The summed E-state index contributed by atoms with van der Waals surface area (Å²) in [5.41, 5.74) is 0.554. The molecule has 1 atom stereocenters. The third-order valence-electron chi connectivity index (χ3n) is 4.49. The number of anilines is 1. The zero-order chi connectivity index (χ0) is 22.3. The van der Waals surface area contributed by atoms with Gasteiger partial charge in [-0.2, -0.15) is 5.10 Å². The monoisotopic (exact) mass is 431 g/mol. The second-order valence-electron chi connectivity index (χ2n) is 6.95. The number of carbonyl (C=O) groups excluding carboxylic acids is 2. The van der Waals surface area contributed by atoms with Gasteiger partial charge >= 0.3 is 5.97 Å². The molecule has 1 amide bonds. The molecule has 0 bridgehead atoms. The molecule has 4 rings (SSSR count). The summed E-state index contributed by atoms with van der Waals surface area (Å²) in [6.07, 6.45) is 2.43. The molecule has 0 spiro atoms. The predicted octanol–water partition coefficient (Wildman–Crippen LogP) is 4.50. The Kier molecular flexibility index (Phi) is 6.31. The van der Waals surface area contributed by atoms with Crippen molar-refractivity contribution >= 4 is 17.6 Å².